The first kappa shape index (κ1) is 86.1. The Bertz CT molecular complexity index is 2610. The van der Waals surface area contributed by atoms with Crippen LogP contribution in [0.5, 0.6) is 0 Å². The van der Waals surface area contributed by atoms with Crippen LogP contribution in [0.4, 0.5) is 0 Å². The molecule has 42 nitrogen and oxygen atoms in total. The van der Waals surface area contributed by atoms with Crippen molar-refractivity contribution in [2.24, 2.45) is 5.92 Å². The van der Waals surface area contributed by atoms with Gasteiger partial charge in [-0.1, -0.05) is 0 Å². The number of carboxylic acids is 2. The van der Waals surface area contributed by atoms with E-state index in [0.717, 1.165) is 23.5 Å². The van der Waals surface area contributed by atoms with Crippen LogP contribution in [-0.2, 0) is 95.0 Å². The van der Waals surface area contributed by atoms with Crippen molar-refractivity contribution >= 4 is 47.0 Å². The second kappa shape index (κ2) is 40.0. The molecule has 21 aliphatic heterocycles. The number of aliphatic hydroxyl groups excluding tert-OH is 19. The number of hydrogen-bond acceptors (Lipinski definition) is 42. The lowest BCUT2D eigenvalue weighted by atomic mass is 9.95. The Labute approximate surface area is 595 Å². The number of hydrogen-bond donors (Lipinski definition) is 22. The zero-order chi connectivity index (χ0) is 75.4. The van der Waals surface area contributed by atoms with Gasteiger partial charge in [-0.3, -0.25) is 19.2 Å². The van der Waals surface area contributed by atoms with Gasteiger partial charge in [0.25, 0.3) is 0 Å². The van der Waals surface area contributed by atoms with Crippen molar-refractivity contribution in [1.82, 2.24) is 5.32 Å². The number of ether oxygens (including phenoxy) is 16. The molecule has 0 spiro atoms. The first-order valence-electron chi connectivity index (χ1n) is 33.2. The van der Waals surface area contributed by atoms with Crippen molar-refractivity contribution in [2.45, 2.75) is 247 Å². The van der Waals surface area contributed by atoms with E-state index in [0.29, 0.717) is 0 Å². The minimum Gasteiger partial charge on any atom is -0.481 e. The van der Waals surface area contributed by atoms with E-state index < -0.39 is 290 Å². The molecule has 21 aliphatic rings. The van der Waals surface area contributed by atoms with Crippen LogP contribution >= 0.6 is 23.5 Å². The number of thioether (sulfide) groups is 2. The van der Waals surface area contributed by atoms with Crippen LogP contribution in [-0.4, -0.2) is 441 Å². The molecule has 22 N–H and O–H groups in total. The lowest BCUT2D eigenvalue weighted by Gasteiger charge is -2.50. The highest BCUT2D eigenvalue weighted by Gasteiger charge is 2.60. The van der Waals surface area contributed by atoms with Crippen molar-refractivity contribution in [3.63, 3.8) is 0 Å². The third-order valence-electron chi connectivity index (χ3n) is 18.6. The first-order valence-corrected chi connectivity index (χ1v) is 35.5. The van der Waals surface area contributed by atoms with Crippen molar-refractivity contribution in [1.29, 1.82) is 0 Å². The number of carbonyl (C=O) groups excluding carboxylic acids is 2. The monoisotopic (exact) mass is 1540 g/mol. The Hall–Kier alpha value is -2.46. The highest BCUT2D eigenvalue weighted by molar-refractivity contribution is 7.99. The molecule has 37 atom stereocenters. The molecular weight excluding hydrogens is 1440 g/mol. The highest BCUT2D eigenvalue weighted by Crippen LogP contribution is 2.40. The molecule has 0 radical (unpaired) electrons. The van der Waals surface area contributed by atoms with E-state index >= 15 is 0 Å². The normalized spacial score (nSPS) is 44.9. The minimum absolute atomic E-state index is 0.0645. The van der Waals surface area contributed by atoms with E-state index in [4.69, 9.17) is 75.8 Å². The summed E-state index contributed by atoms with van der Waals surface area (Å²) >= 11 is 1.66. The van der Waals surface area contributed by atoms with Crippen LogP contribution < -0.4 is 5.32 Å². The summed E-state index contributed by atoms with van der Waals surface area (Å²) in [6.07, 6.45) is -73.1. The molecule has 21 rings (SSSR count). The molecule has 596 valence electrons. The quantitative estimate of drug-likeness (QED) is 0.0340. The van der Waals surface area contributed by atoms with Gasteiger partial charge >= 0.3 is 11.9 Å². The molecule has 0 amide bonds. The Morgan fingerprint density at radius 3 is 0.845 bits per heavy atom. The fraction of sp³-hybridized carbons (Fsp3) is 0.932. The third-order valence-corrected chi connectivity index (χ3v) is 20.9. The number of aliphatic carboxylic acids is 2. The number of likely N-dealkylation sites (N-methyl/N-ethyl adjacent to an activating group) is 1. The molecule has 0 aliphatic carbocycles. The van der Waals surface area contributed by atoms with E-state index in [1.807, 2.05) is 0 Å². The third kappa shape index (κ3) is 21.0. The van der Waals surface area contributed by atoms with Gasteiger partial charge in [-0.15, -0.1) is 0 Å². The topological polar surface area (TPSA) is 653 Å². The van der Waals surface area contributed by atoms with Crippen molar-refractivity contribution < 1.29 is 202 Å². The maximum Gasteiger partial charge on any atom is 0.321 e. The van der Waals surface area contributed by atoms with Crippen LogP contribution in [0.3, 0.4) is 0 Å². The van der Waals surface area contributed by atoms with Gasteiger partial charge in [-0.25, -0.2) is 0 Å². The Morgan fingerprint density at radius 2 is 0.602 bits per heavy atom. The minimum atomic E-state index is -2.31. The summed E-state index contributed by atoms with van der Waals surface area (Å²) in [5.74, 6) is -6.08. The number of rotatable bonds is 27. The number of nitrogens with one attached hydrogen (secondary N) is 1. The standard InChI is InChI=1S/C59H97NO41S2/c1-19(66)3-5-86-7-8-87-6-4-21(67)9-20(51(82)83)15-102-17-28-49-35(73)42(80)58(93-28)98-47-26(13-64)89-55(38(76)31(47)69)97-46-25(12-63)92-57(41(79)34(46)72)101-50-29(18-103-16-22(60-2)52(84)85)94-59(43(81)36(50)74)99-48-27(14-65)90-54(39(77)32(48)70)95-44-23(10-61)88-53(37(75)30(44)68)96-45-24(11-62)91-56(100-49)40(78)33(45)71/h20,22-50,53-65,68-81H,3-18H2,1-2H3,(H,82,83)(H,84,85)/t20?,22-,23?,24?,25?,26?,27?,28?,29?,30-,31-,32-,33-,34-,35-,36-,37?,38?,39?,40?,41?,42?,43?,44-,45-,46-,47-,48-,49-,50-,53-,54-,55+,56-,57+,58+,59+/m1/s1. The van der Waals surface area contributed by atoms with E-state index in [9.17, 15) is 126 Å². The van der Waals surface area contributed by atoms with Gasteiger partial charge < -0.3 is 188 Å². The fourth-order valence-corrected chi connectivity index (χ4v) is 15.0. The zero-order valence-electron chi connectivity index (χ0n) is 55.5. The van der Waals surface area contributed by atoms with Gasteiger partial charge in [-0.05, 0) is 14.0 Å². The lowest BCUT2D eigenvalue weighted by Crippen LogP contribution is -2.68. The maximum atomic E-state index is 13.0. The van der Waals surface area contributed by atoms with Crippen molar-refractivity contribution in [2.75, 3.05) is 89.5 Å². The van der Waals surface area contributed by atoms with E-state index in [2.05, 4.69) is 5.32 Å². The van der Waals surface area contributed by atoms with Gasteiger partial charge in [0.15, 0.2) is 44.0 Å². The molecule has 0 aromatic carbocycles. The molecule has 0 aromatic heterocycles. The molecule has 44 heteroatoms. The van der Waals surface area contributed by atoms with Gasteiger partial charge in [0.05, 0.1) is 77.6 Å². The second-order valence-electron chi connectivity index (χ2n) is 25.7. The second-order valence-corrected chi connectivity index (χ2v) is 27.9. The van der Waals surface area contributed by atoms with E-state index in [1.54, 1.807) is 0 Å². The van der Waals surface area contributed by atoms with Crippen LogP contribution in [0.15, 0.2) is 0 Å². The number of Topliss-reactive ketones (excluding diaryl/α,β-unsaturated/α-hetero) is 2. The molecule has 0 aromatic rings. The Kier molecular flexibility index (Phi) is 33.4. The average Bonchev–Trinajstić information content (AvgIpc) is 0.785. The molecule has 103 heavy (non-hydrogen) atoms. The summed E-state index contributed by atoms with van der Waals surface area (Å²) in [6, 6.07) is -1.18. The summed E-state index contributed by atoms with van der Waals surface area (Å²) in [5.41, 5.74) is 0. The van der Waals surface area contributed by atoms with Crippen LogP contribution in [0, 0.1) is 5.92 Å². The molecular formula is C59H97NO41S2. The highest BCUT2D eigenvalue weighted by atomic mass is 32.2. The number of ketones is 2. The average molecular weight is 1540 g/mol. The van der Waals surface area contributed by atoms with Crippen molar-refractivity contribution in [3.8, 4) is 0 Å². The molecule has 14 bridgehead atoms. The predicted octanol–water partition coefficient (Wildman–Crippen LogP) is -13.0. The largest absolute Gasteiger partial charge is 0.481 e. The number of aliphatic hydroxyl groups is 19. The van der Waals surface area contributed by atoms with E-state index in [-0.39, 0.29) is 62.3 Å². The van der Waals surface area contributed by atoms with Gasteiger partial charge in [0.1, 0.15) is 176 Å². The molecule has 21 heterocycles. The molecule has 0 saturated carbocycles. The van der Waals surface area contributed by atoms with E-state index in [1.165, 1.54) is 14.0 Å². The van der Waals surface area contributed by atoms with Gasteiger partial charge in [-0.2, -0.15) is 23.5 Å². The number of carboxylic acid groups (broad SMARTS) is 2. The SMILES string of the molecule is CN[C@H](CSCC1O[C@H]2O[C@@H]3C(CO)O[C@H](O[C@@H]4C(CO)O[C@H](O[C@@H]5C(CO)O[C@H](O[C@@H]6C(CSCC(CC(=O)CCOCCOCCC(C)=O)C(=O)O)O[C@@H](O[C@@H]7C(CO)O[C@@H](O[C@@H]8C(CO)O[C@@H](O[C@H]1[C@H](O)C2O)C(O)[C@H]8O)C(O)[C@H]7O)C(O)[C@H]6O)C(O)[C@H]5O)C(O)[C@H]4O)C(O)[C@H]3O)C(=O)O. The molecule has 15 unspecified atom stereocenters. The summed E-state index contributed by atoms with van der Waals surface area (Å²) < 4.78 is 93.3. The van der Waals surface area contributed by atoms with Crippen LogP contribution in [0.1, 0.15) is 26.2 Å². The zero-order valence-corrected chi connectivity index (χ0v) is 57.2. The Balaban J connectivity index is 1.08. The smallest absolute Gasteiger partial charge is 0.321 e. The lowest BCUT2D eigenvalue weighted by molar-refractivity contribution is -0.395. The van der Waals surface area contributed by atoms with Crippen LogP contribution in [0.25, 0.3) is 0 Å². The predicted molar refractivity (Wildman–Crippen MR) is 332 cm³/mol. The molecule has 21 fully saturated rings. The van der Waals surface area contributed by atoms with Crippen LogP contribution in [0.2, 0.25) is 0 Å². The maximum absolute atomic E-state index is 13.0. The summed E-state index contributed by atoms with van der Waals surface area (Å²) in [5, 5.41) is 239. The fourth-order valence-electron chi connectivity index (χ4n) is 12.6. The number of carbonyl (C=O) groups is 4. The van der Waals surface area contributed by atoms with Gasteiger partial charge in [0, 0.05) is 42.3 Å². The summed E-state index contributed by atoms with van der Waals surface area (Å²) in [6.45, 7) is -3.91. The van der Waals surface area contributed by atoms with Crippen molar-refractivity contribution in [3.05, 3.63) is 0 Å². The molecule has 21 saturated heterocycles. The first-order chi connectivity index (χ1) is 49.0. The summed E-state index contributed by atoms with van der Waals surface area (Å²) in [4.78, 5) is 48.7. The van der Waals surface area contributed by atoms with Gasteiger partial charge in [0.2, 0.25) is 0 Å². The Morgan fingerprint density at radius 1 is 0.350 bits per heavy atom. The summed E-state index contributed by atoms with van der Waals surface area (Å²) in [7, 11) is 1.35.